The number of ether oxygens (including phenoxy) is 1. The smallest absolute Gasteiger partial charge is 0.191 e. The molecule has 1 aliphatic rings. The zero-order valence-corrected chi connectivity index (χ0v) is 18.1. The van der Waals surface area contributed by atoms with Crippen LogP contribution in [0.5, 0.6) is 0 Å². The maximum Gasteiger partial charge on any atom is 0.191 e. The molecule has 29 heavy (non-hydrogen) atoms. The summed E-state index contributed by atoms with van der Waals surface area (Å²) < 4.78 is 6.14. The summed E-state index contributed by atoms with van der Waals surface area (Å²) in [6.07, 6.45) is 2.42. The summed E-state index contributed by atoms with van der Waals surface area (Å²) in [5, 5.41) is 6.92. The highest BCUT2D eigenvalue weighted by atomic mass is 16.5. The Balaban J connectivity index is 1.54. The van der Waals surface area contributed by atoms with Gasteiger partial charge in [0.15, 0.2) is 5.96 Å². The fourth-order valence-electron chi connectivity index (χ4n) is 3.72. The number of anilines is 1. The molecule has 5 heteroatoms. The molecule has 0 amide bonds. The van der Waals surface area contributed by atoms with Gasteiger partial charge in [0, 0.05) is 52.4 Å². The molecule has 2 unspecified atom stereocenters. The van der Waals surface area contributed by atoms with Crippen molar-refractivity contribution in [2.45, 2.75) is 32.4 Å². The second-order valence-corrected chi connectivity index (χ2v) is 7.97. The monoisotopic (exact) mass is 394 g/mol. The molecular weight excluding hydrogens is 360 g/mol. The molecule has 2 aromatic rings. The number of nitrogens with zero attached hydrogens (tertiary/aromatic N) is 2. The van der Waals surface area contributed by atoms with Gasteiger partial charge in [0.05, 0.1) is 6.10 Å². The van der Waals surface area contributed by atoms with Crippen molar-refractivity contribution in [3.05, 3.63) is 65.2 Å². The van der Waals surface area contributed by atoms with Crippen LogP contribution < -0.4 is 15.5 Å². The number of nitrogens with one attached hydrogen (secondary N) is 2. The average molecular weight is 395 g/mol. The average Bonchev–Trinajstić information content (AvgIpc) is 2.75. The summed E-state index contributed by atoms with van der Waals surface area (Å²) in [6, 6.07) is 17.3. The van der Waals surface area contributed by atoms with Crippen molar-refractivity contribution in [1.82, 2.24) is 10.6 Å². The van der Waals surface area contributed by atoms with Gasteiger partial charge in [-0.15, -0.1) is 0 Å². The van der Waals surface area contributed by atoms with Gasteiger partial charge in [0.1, 0.15) is 0 Å². The van der Waals surface area contributed by atoms with E-state index >= 15 is 0 Å². The van der Waals surface area contributed by atoms with Crippen molar-refractivity contribution in [3.63, 3.8) is 0 Å². The topological polar surface area (TPSA) is 48.9 Å². The Hall–Kier alpha value is -2.53. The van der Waals surface area contributed by atoms with Crippen LogP contribution >= 0.6 is 0 Å². The molecule has 1 fully saturated rings. The van der Waals surface area contributed by atoms with Crippen molar-refractivity contribution < 1.29 is 4.74 Å². The highest BCUT2D eigenvalue weighted by Gasteiger charge is 2.27. The summed E-state index contributed by atoms with van der Waals surface area (Å²) in [4.78, 5) is 6.49. The molecule has 0 bridgehead atoms. The van der Waals surface area contributed by atoms with E-state index in [1.807, 2.05) is 7.05 Å². The van der Waals surface area contributed by atoms with Crippen LogP contribution in [0.15, 0.2) is 53.5 Å². The first kappa shape index (κ1) is 21.2. The van der Waals surface area contributed by atoms with Crippen molar-refractivity contribution >= 4 is 11.6 Å². The molecule has 0 aliphatic carbocycles. The molecule has 2 N–H and O–H groups in total. The Morgan fingerprint density at radius 2 is 1.79 bits per heavy atom. The molecule has 1 heterocycles. The Labute approximate surface area is 175 Å². The van der Waals surface area contributed by atoms with E-state index in [0.717, 1.165) is 38.5 Å². The molecule has 5 nitrogen and oxygen atoms in total. The lowest BCUT2D eigenvalue weighted by atomic mass is 9.89. The van der Waals surface area contributed by atoms with Crippen LogP contribution in [0.25, 0.3) is 0 Å². The SMILES string of the molecule is CN=C(NCc1ccc(N(C)C)cc1)NCC1CCCOC1c1ccc(C)cc1. The maximum atomic E-state index is 6.14. The summed E-state index contributed by atoms with van der Waals surface area (Å²) in [7, 11) is 5.93. The number of benzene rings is 2. The van der Waals surface area contributed by atoms with Crippen LogP contribution in [0.3, 0.4) is 0 Å². The minimum absolute atomic E-state index is 0.147. The van der Waals surface area contributed by atoms with Gasteiger partial charge in [0.25, 0.3) is 0 Å². The number of hydrogen-bond donors (Lipinski definition) is 2. The van der Waals surface area contributed by atoms with Crippen molar-refractivity contribution in [2.75, 3.05) is 39.2 Å². The lowest BCUT2D eigenvalue weighted by Crippen LogP contribution is -2.41. The number of guanidine groups is 1. The Bertz CT molecular complexity index is 784. The highest BCUT2D eigenvalue weighted by molar-refractivity contribution is 5.79. The van der Waals surface area contributed by atoms with Gasteiger partial charge >= 0.3 is 0 Å². The van der Waals surface area contributed by atoms with E-state index in [2.05, 4.69) is 90.1 Å². The molecule has 0 radical (unpaired) electrons. The summed E-state index contributed by atoms with van der Waals surface area (Å²) in [6.45, 7) is 4.55. The van der Waals surface area contributed by atoms with Gasteiger partial charge in [-0.2, -0.15) is 0 Å². The van der Waals surface area contributed by atoms with Gasteiger partial charge in [-0.05, 0) is 43.0 Å². The van der Waals surface area contributed by atoms with E-state index < -0.39 is 0 Å². The molecule has 0 aromatic heterocycles. The Morgan fingerprint density at radius 3 is 2.45 bits per heavy atom. The minimum Gasteiger partial charge on any atom is -0.378 e. The molecule has 3 rings (SSSR count). The second-order valence-electron chi connectivity index (χ2n) is 7.97. The lowest BCUT2D eigenvalue weighted by Gasteiger charge is -2.32. The van der Waals surface area contributed by atoms with Crippen LogP contribution in [0.2, 0.25) is 0 Å². The first-order valence-corrected chi connectivity index (χ1v) is 10.5. The van der Waals surface area contributed by atoms with Crippen molar-refractivity contribution in [2.24, 2.45) is 10.9 Å². The molecule has 156 valence electrons. The van der Waals surface area contributed by atoms with E-state index in [-0.39, 0.29) is 6.10 Å². The molecule has 1 aliphatic heterocycles. The predicted octanol–water partition coefficient (Wildman–Crippen LogP) is 3.89. The highest BCUT2D eigenvalue weighted by Crippen LogP contribution is 2.33. The number of aryl methyl sites for hydroxylation is 1. The van der Waals surface area contributed by atoms with E-state index in [4.69, 9.17) is 4.74 Å². The van der Waals surface area contributed by atoms with Crippen LogP contribution in [-0.2, 0) is 11.3 Å². The molecule has 2 atom stereocenters. The molecule has 0 spiro atoms. The summed E-state index contributed by atoms with van der Waals surface area (Å²) in [5.41, 5.74) is 4.99. The quantitative estimate of drug-likeness (QED) is 0.576. The molecule has 2 aromatic carbocycles. The third-order valence-electron chi connectivity index (χ3n) is 5.52. The number of hydrogen-bond acceptors (Lipinski definition) is 3. The van der Waals surface area contributed by atoms with E-state index in [0.29, 0.717) is 5.92 Å². The Morgan fingerprint density at radius 1 is 1.07 bits per heavy atom. The van der Waals surface area contributed by atoms with Gasteiger partial charge in [0.2, 0.25) is 0 Å². The van der Waals surface area contributed by atoms with Crippen LogP contribution in [0.4, 0.5) is 5.69 Å². The van der Waals surface area contributed by atoms with Gasteiger partial charge < -0.3 is 20.3 Å². The third-order valence-corrected chi connectivity index (χ3v) is 5.52. The minimum atomic E-state index is 0.147. The van der Waals surface area contributed by atoms with Crippen LogP contribution in [0.1, 0.15) is 35.6 Å². The third kappa shape index (κ3) is 5.97. The first-order chi connectivity index (χ1) is 14.1. The summed E-state index contributed by atoms with van der Waals surface area (Å²) in [5.74, 6) is 1.26. The standard InChI is InChI=1S/C24H34N4O/c1-18-7-11-20(12-8-18)23-21(6-5-15-29-23)17-27-24(25-2)26-16-19-9-13-22(14-10-19)28(3)4/h7-14,21,23H,5-6,15-17H2,1-4H3,(H2,25,26,27). The predicted molar refractivity (Wildman–Crippen MR) is 122 cm³/mol. The second kappa shape index (κ2) is 10.3. The maximum absolute atomic E-state index is 6.14. The fourth-order valence-corrected chi connectivity index (χ4v) is 3.72. The van der Waals surface area contributed by atoms with Gasteiger partial charge in [-0.25, -0.2) is 0 Å². The molecular formula is C24H34N4O. The van der Waals surface area contributed by atoms with E-state index in [1.165, 1.54) is 22.4 Å². The summed E-state index contributed by atoms with van der Waals surface area (Å²) >= 11 is 0. The number of rotatable bonds is 6. The van der Waals surface area contributed by atoms with Gasteiger partial charge in [-0.3, -0.25) is 4.99 Å². The van der Waals surface area contributed by atoms with E-state index in [1.54, 1.807) is 0 Å². The van der Waals surface area contributed by atoms with Gasteiger partial charge in [-0.1, -0.05) is 42.0 Å². The van der Waals surface area contributed by atoms with Crippen LogP contribution in [-0.4, -0.2) is 40.3 Å². The largest absolute Gasteiger partial charge is 0.378 e. The first-order valence-electron chi connectivity index (χ1n) is 10.5. The zero-order chi connectivity index (χ0) is 20.6. The zero-order valence-electron chi connectivity index (χ0n) is 18.1. The fraction of sp³-hybridized carbons (Fsp3) is 0.458. The van der Waals surface area contributed by atoms with Crippen molar-refractivity contribution in [3.8, 4) is 0 Å². The molecule has 0 saturated carbocycles. The Kier molecular flexibility index (Phi) is 7.53. The molecule has 1 saturated heterocycles. The van der Waals surface area contributed by atoms with Crippen LogP contribution in [0, 0.1) is 12.8 Å². The lowest BCUT2D eigenvalue weighted by molar-refractivity contribution is -0.0265. The van der Waals surface area contributed by atoms with E-state index in [9.17, 15) is 0 Å². The number of aliphatic imine (C=N–C) groups is 1. The van der Waals surface area contributed by atoms with Crippen molar-refractivity contribution in [1.29, 1.82) is 0 Å². The normalized spacial score (nSPS) is 19.7.